The van der Waals surface area contributed by atoms with Gasteiger partial charge in [-0.25, -0.2) is 4.79 Å². The summed E-state index contributed by atoms with van der Waals surface area (Å²) in [6, 6.07) is 0. The molecule has 0 bridgehead atoms. The molecule has 0 aromatic carbocycles. The molecule has 16 heteroatoms. The molecule has 1 aliphatic rings. The van der Waals surface area contributed by atoms with Crippen molar-refractivity contribution >= 4 is 29.8 Å². The number of nitrogens with two attached hydrogens (primary N) is 4. The zero-order valence-electron chi connectivity index (χ0n) is 45.3. The van der Waals surface area contributed by atoms with Gasteiger partial charge in [0.1, 0.15) is 0 Å². The molecule has 416 valence electrons. The number of unbranched alkanes of at least 4 members (excludes halogenated alkanes) is 25. The Kier molecular flexibility index (Phi) is 60.1. The van der Waals surface area contributed by atoms with Gasteiger partial charge in [0.25, 0.3) is 0 Å². The molecule has 0 aromatic heterocycles. The van der Waals surface area contributed by atoms with E-state index in [1.54, 1.807) is 6.08 Å². The Balaban J connectivity index is -0.00000117. The van der Waals surface area contributed by atoms with Crippen molar-refractivity contribution < 1.29 is 58.6 Å². The number of hydrogen-bond donors (Lipinski definition) is 8. The molecule has 1 aliphatic carbocycles. The van der Waals surface area contributed by atoms with E-state index in [1.807, 2.05) is 0 Å². The molecule has 0 radical (unpaired) electrons. The lowest BCUT2D eigenvalue weighted by molar-refractivity contribution is -0.163. The first-order chi connectivity index (χ1) is 33.3. The summed E-state index contributed by atoms with van der Waals surface area (Å²) in [6.07, 6.45) is 34.9. The third-order valence-corrected chi connectivity index (χ3v) is 10.7. The van der Waals surface area contributed by atoms with E-state index in [2.05, 4.69) is 36.8 Å². The van der Waals surface area contributed by atoms with Crippen molar-refractivity contribution in [3.63, 3.8) is 0 Å². The topological polar surface area (TPSA) is 298 Å². The van der Waals surface area contributed by atoms with Crippen LogP contribution in [0.3, 0.4) is 0 Å². The third kappa shape index (κ3) is 69.4. The van der Waals surface area contributed by atoms with Gasteiger partial charge in [-0.3, -0.25) is 19.2 Å². The Morgan fingerprint density at radius 3 is 1.01 bits per heavy atom. The highest BCUT2D eigenvalue weighted by Gasteiger charge is 2.27. The normalized spacial score (nSPS) is 14.0. The molecule has 0 spiro atoms. The van der Waals surface area contributed by atoms with E-state index < -0.39 is 42.8 Å². The lowest BCUT2D eigenvalue weighted by Gasteiger charge is -2.20. The highest BCUT2D eigenvalue weighted by molar-refractivity contribution is 5.96. The second kappa shape index (κ2) is 57.1. The SMILES string of the molecule is CC(N)O.CC(N)O.CC(N)O.CC(N)O.CCCCCCCCCCC=C(OC(=O)C1CCCCC1)C(=O)OC(=O)CCCCCCCCCCCCC(=O)OC(=O)CCCCCCCCCCC. The van der Waals surface area contributed by atoms with Crippen LogP contribution in [0.4, 0.5) is 0 Å². The van der Waals surface area contributed by atoms with Crippen LogP contribution in [0.15, 0.2) is 11.8 Å². The first-order valence-corrected chi connectivity index (χ1v) is 27.4. The Labute approximate surface area is 425 Å². The van der Waals surface area contributed by atoms with E-state index in [9.17, 15) is 24.0 Å². The summed E-state index contributed by atoms with van der Waals surface area (Å²) in [6.45, 7) is 10.4. The van der Waals surface area contributed by atoms with Gasteiger partial charge < -0.3 is 57.6 Å². The van der Waals surface area contributed by atoms with Crippen molar-refractivity contribution in [3.8, 4) is 0 Å². The number of allylic oxidation sites excluding steroid dienone is 1. The minimum Gasteiger partial charge on any atom is -0.419 e. The first-order valence-electron chi connectivity index (χ1n) is 27.4. The molecular weight excluding hydrogens is 897 g/mol. The van der Waals surface area contributed by atoms with E-state index in [0.29, 0.717) is 25.7 Å². The minimum atomic E-state index is -0.849. The van der Waals surface area contributed by atoms with Gasteiger partial charge >= 0.3 is 29.8 Å². The molecular formula is C54H108N4O12. The summed E-state index contributed by atoms with van der Waals surface area (Å²) >= 11 is 0. The number of rotatable bonds is 35. The van der Waals surface area contributed by atoms with Gasteiger partial charge in [-0.15, -0.1) is 0 Å². The molecule has 1 fully saturated rings. The lowest BCUT2D eigenvalue weighted by Crippen LogP contribution is -2.24. The van der Waals surface area contributed by atoms with Gasteiger partial charge in [0, 0.05) is 19.3 Å². The van der Waals surface area contributed by atoms with Crippen LogP contribution in [0.2, 0.25) is 0 Å². The third-order valence-electron chi connectivity index (χ3n) is 10.7. The number of carbonyl (C=O) groups excluding carboxylic acids is 5. The fourth-order valence-electron chi connectivity index (χ4n) is 7.17. The van der Waals surface area contributed by atoms with Gasteiger partial charge in [-0.05, 0) is 78.7 Å². The highest BCUT2D eigenvalue weighted by Crippen LogP contribution is 2.26. The van der Waals surface area contributed by atoms with Gasteiger partial charge in [-0.1, -0.05) is 181 Å². The molecule has 4 atom stereocenters. The quantitative estimate of drug-likeness (QED) is 0.00557. The summed E-state index contributed by atoms with van der Waals surface area (Å²) in [4.78, 5) is 62.0. The molecule has 70 heavy (non-hydrogen) atoms. The van der Waals surface area contributed by atoms with Crippen LogP contribution in [-0.4, -0.2) is 75.2 Å². The van der Waals surface area contributed by atoms with E-state index in [0.717, 1.165) is 128 Å². The van der Waals surface area contributed by atoms with Crippen LogP contribution in [-0.2, 0) is 38.2 Å². The standard InChI is InChI=1S/C46H80O8.4C2H7NO/c1-3-5-7-9-11-15-19-23-30-36-41(52-45(50)40-34-28-27-29-35-40)46(51)54-44(49)39-33-26-22-18-14-13-17-21-25-32-38-43(48)53-42(47)37-31-24-20-16-12-10-8-6-4-2;4*1-2(3)4/h36,40H,3-35,37-39H2,1-2H3;4*2,4H,3H2,1H3. The summed E-state index contributed by atoms with van der Waals surface area (Å²) < 4.78 is 15.7. The van der Waals surface area contributed by atoms with Gasteiger partial charge in [0.15, 0.2) is 0 Å². The largest absolute Gasteiger partial charge is 0.419 e. The predicted molar refractivity (Wildman–Crippen MR) is 281 cm³/mol. The maximum atomic E-state index is 12.9. The minimum absolute atomic E-state index is 0.128. The maximum Gasteiger partial charge on any atom is 0.381 e. The van der Waals surface area contributed by atoms with E-state index in [-0.39, 0.29) is 30.0 Å². The molecule has 0 heterocycles. The fraction of sp³-hybridized carbons (Fsp3) is 0.870. The summed E-state index contributed by atoms with van der Waals surface area (Å²) in [7, 11) is 0. The fourth-order valence-corrected chi connectivity index (χ4v) is 7.17. The molecule has 0 aromatic rings. The van der Waals surface area contributed by atoms with Crippen LogP contribution < -0.4 is 22.9 Å². The molecule has 12 N–H and O–H groups in total. The Morgan fingerprint density at radius 1 is 0.429 bits per heavy atom. The van der Waals surface area contributed by atoms with Crippen LogP contribution >= 0.6 is 0 Å². The molecule has 4 unspecified atom stereocenters. The van der Waals surface area contributed by atoms with E-state index >= 15 is 0 Å². The molecule has 0 aliphatic heterocycles. The summed E-state index contributed by atoms with van der Waals surface area (Å²) in [5, 5.41) is 31.3. The second-order valence-corrected chi connectivity index (χ2v) is 18.8. The molecule has 1 rings (SSSR count). The average Bonchev–Trinajstić information content (AvgIpc) is 3.27. The van der Waals surface area contributed by atoms with Crippen molar-refractivity contribution in [3.05, 3.63) is 11.8 Å². The number of carbonyl (C=O) groups is 5. The zero-order chi connectivity index (χ0) is 53.6. The van der Waals surface area contributed by atoms with Crippen molar-refractivity contribution in [1.29, 1.82) is 0 Å². The Hall–Kier alpha value is -2.83. The predicted octanol–water partition coefficient (Wildman–Crippen LogP) is 10.4. The average molecular weight is 1010 g/mol. The number of aliphatic hydroxyl groups excluding tert-OH is 4. The number of esters is 5. The Morgan fingerprint density at radius 2 is 0.700 bits per heavy atom. The molecule has 0 saturated heterocycles. The van der Waals surface area contributed by atoms with Crippen LogP contribution in [0.5, 0.6) is 0 Å². The molecule has 0 amide bonds. The summed E-state index contributed by atoms with van der Waals surface area (Å²) in [5.74, 6) is -2.90. The molecule has 16 nitrogen and oxygen atoms in total. The lowest BCUT2D eigenvalue weighted by atomic mass is 9.89. The van der Waals surface area contributed by atoms with Crippen molar-refractivity contribution in [2.45, 2.75) is 298 Å². The van der Waals surface area contributed by atoms with Gasteiger partial charge in [-0.2, -0.15) is 0 Å². The number of aliphatic hydroxyl groups is 4. The van der Waals surface area contributed by atoms with Crippen LogP contribution in [0.25, 0.3) is 0 Å². The van der Waals surface area contributed by atoms with Crippen LogP contribution in [0.1, 0.15) is 273 Å². The summed E-state index contributed by atoms with van der Waals surface area (Å²) in [5.41, 5.74) is 18.7. The van der Waals surface area contributed by atoms with Gasteiger partial charge in [0.2, 0.25) is 5.76 Å². The Bertz CT molecular complexity index is 1190. The van der Waals surface area contributed by atoms with Crippen molar-refractivity contribution in [2.24, 2.45) is 28.9 Å². The number of hydrogen-bond acceptors (Lipinski definition) is 16. The number of ether oxygens (including phenoxy) is 3. The van der Waals surface area contributed by atoms with Crippen molar-refractivity contribution in [1.82, 2.24) is 0 Å². The van der Waals surface area contributed by atoms with E-state index in [1.165, 1.54) is 98.3 Å². The highest BCUT2D eigenvalue weighted by atomic mass is 16.6. The van der Waals surface area contributed by atoms with E-state index in [4.69, 9.17) is 34.6 Å². The maximum absolute atomic E-state index is 12.9. The molecule has 1 saturated carbocycles. The second-order valence-electron chi connectivity index (χ2n) is 18.8. The van der Waals surface area contributed by atoms with Crippen molar-refractivity contribution in [2.75, 3.05) is 0 Å². The van der Waals surface area contributed by atoms with Crippen LogP contribution in [0, 0.1) is 5.92 Å². The monoisotopic (exact) mass is 1000 g/mol. The van der Waals surface area contributed by atoms with Gasteiger partial charge in [0.05, 0.1) is 30.8 Å². The smallest absolute Gasteiger partial charge is 0.381 e. The zero-order valence-corrected chi connectivity index (χ0v) is 45.3. The first kappa shape index (κ1) is 73.7.